The van der Waals surface area contributed by atoms with Gasteiger partial charge in [-0.05, 0) is 13.3 Å². The molecule has 0 saturated heterocycles. The molecule has 0 aromatic carbocycles. The summed E-state index contributed by atoms with van der Waals surface area (Å²) in [5.41, 5.74) is 2.06. The second-order valence-corrected chi connectivity index (χ2v) is 4.04. The van der Waals surface area contributed by atoms with Crippen molar-refractivity contribution in [2.75, 3.05) is 5.32 Å². The van der Waals surface area contributed by atoms with E-state index < -0.39 is 0 Å². The van der Waals surface area contributed by atoms with Crippen LogP contribution >= 0.6 is 11.5 Å². The van der Waals surface area contributed by atoms with Gasteiger partial charge in [0.2, 0.25) is 5.13 Å². The second-order valence-electron chi connectivity index (χ2n) is 3.29. The van der Waals surface area contributed by atoms with E-state index in [4.69, 9.17) is 0 Å². The minimum absolute atomic E-state index is 0.796. The van der Waals surface area contributed by atoms with Gasteiger partial charge < -0.3 is 5.32 Å². The molecule has 0 aliphatic heterocycles. The van der Waals surface area contributed by atoms with E-state index in [-0.39, 0.29) is 0 Å². The van der Waals surface area contributed by atoms with Crippen molar-refractivity contribution in [2.45, 2.75) is 20.3 Å². The molecule has 0 atom stereocenters. The first kappa shape index (κ1) is 10.1. The van der Waals surface area contributed by atoms with E-state index in [2.05, 4.69) is 26.7 Å². The van der Waals surface area contributed by atoms with Crippen LogP contribution < -0.4 is 5.32 Å². The normalized spacial score (nSPS) is 10.6. The summed E-state index contributed by atoms with van der Waals surface area (Å²) >= 11 is 1.36. The number of hydrogen-bond donors (Lipinski definition) is 1. The van der Waals surface area contributed by atoms with Gasteiger partial charge in [-0.15, -0.1) is 0 Å². The third kappa shape index (κ3) is 2.15. The molecule has 80 valence electrons. The Labute approximate surface area is 92.3 Å². The van der Waals surface area contributed by atoms with Gasteiger partial charge in [-0.3, -0.25) is 4.68 Å². The van der Waals surface area contributed by atoms with Crippen molar-refractivity contribution in [3.05, 3.63) is 17.7 Å². The van der Waals surface area contributed by atoms with E-state index in [0.717, 1.165) is 28.8 Å². The lowest BCUT2D eigenvalue weighted by Gasteiger charge is -1.98. The van der Waals surface area contributed by atoms with Crippen LogP contribution in [0.4, 0.5) is 10.8 Å². The highest BCUT2D eigenvalue weighted by Gasteiger charge is 2.07. The zero-order valence-corrected chi connectivity index (χ0v) is 9.80. The van der Waals surface area contributed by atoms with Gasteiger partial charge in [0.1, 0.15) is 5.82 Å². The molecule has 0 unspecified atom stereocenters. The maximum absolute atomic E-state index is 4.34. The Morgan fingerprint density at radius 2 is 2.33 bits per heavy atom. The number of anilines is 2. The number of hydrogen-bond acceptors (Lipinski definition) is 5. The molecule has 1 N–H and O–H groups in total. The fourth-order valence-electron chi connectivity index (χ4n) is 1.36. The van der Waals surface area contributed by atoms with Gasteiger partial charge in [0.25, 0.3) is 0 Å². The fraction of sp³-hybridized carbons (Fsp3) is 0.444. The van der Waals surface area contributed by atoms with E-state index >= 15 is 0 Å². The first-order valence-electron chi connectivity index (χ1n) is 4.79. The van der Waals surface area contributed by atoms with Crippen molar-refractivity contribution < 1.29 is 0 Å². The molecule has 5 nitrogen and oxygen atoms in total. The second kappa shape index (κ2) is 3.98. The predicted molar refractivity (Wildman–Crippen MR) is 60.5 cm³/mol. The topological polar surface area (TPSA) is 55.6 Å². The molecule has 6 heteroatoms. The van der Waals surface area contributed by atoms with Crippen molar-refractivity contribution in [3.63, 3.8) is 0 Å². The zero-order chi connectivity index (χ0) is 10.8. The zero-order valence-electron chi connectivity index (χ0n) is 8.98. The third-order valence-electron chi connectivity index (χ3n) is 2.01. The summed E-state index contributed by atoms with van der Waals surface area (Å²) in [6.45, 7) is 3.96. The molecular formula is C9H13N5S. The van der Waals surface area contributed by atoms with E-state index in [9.17, 15) is 0 Å². The largest absolute Gasteiger partial charge is 0.327 e. The summed E-state index contributed by atoms with van der Waals surface area (Å²) in [6, 6.07) is 0. The predicted octanol–water partition coefficient (Wildman–Crippen LogP) is 1.89. The minimum Gasteiger partial charge on any atom is -0.327 e. The van der Waals surface area contributed by atoms with E-state index in [1.807, 2.05) is 20.2 Å². The number of nitrogens with one attached hydrogen (secondary N) is 1. The summed E-state index contributed by atoms with van der Waals surface area (Å²) in [5, 5.41) is 8.38. The van der Waals surface area contributed by atoms with Crippen LogP contribution in [0.25, 0.3) is 0 Å². The van der Waals surface area contributed by atoms with E-state index in [1.54, 1.807) is 4.68 Å². The van der Waals surface area contributed by atoms with Gasteiger partial charge in [0, 0.05) is 24.8 Å². The number of aromatic nitrogens is 4. The van der Waals surface area contributed by atoms with Crippen LogP contribution in [0, 0.1) is 6.92 Å². The number of rotatable bonds is 3. The molecule has 0 bridgehead atoms. The smallest absolute Gasteiger partial charge is 0.207 e. The summed E-state index contributed by atoms with van der Waals surface area (Å²) in [7, 11) is 1.91. The van der Waals surface area contributed by atoms with Gasteiger partial charge in [-0.1, -0.05) is 6.92 Å². The minimum atomic E-state index is 0.796. The van der Waals surface area contributed by atoms with Crippen LogP contribution in [-0.2, 0) is 13.5 Å². The molecule has 0 amide bonds. The lowest BCUT2D eigenvalue weighted by molar-refractivity contribution is 0.746. The Kier molecular flexibility index (Phi) is 2.68. The molecule has 0 saturated carbocycles. The van der Waals surface area contributed by atoms with Crippen molar-refractivity contribution in [3.8, 4) is 0 Å². The Morgan fingerprint density at radius 1 is 1.53 bits per heavy atom. The van der Waals surface area contributed by atoms with Crippen molar-refractivity contribution >= 4 is 22.4 Å². The summed E-state index contributed by atoms with van der Waals surface area (Å²) in [4.78, 5) is 4.25. The van der Waals surface area contributed by atoms with Gasteiger partial charge in [0.15, 0.2) is 0 Å². The SMILES string of the molecule is CCc1nn(C)cc1Nc1nc(C)ns1. The van der Waals surface area contributed by atoms with Crippen LogP contribution in [0.15, 0.2) is 6.20 Å². The number of aryl methyl sites for hydroxylation is 3. The number of nitrogens with zero attached hydrogens (tertiary/aromatic N) is 4. The monoisotopic (exact) mass is 223 g/mol. The quantitative estimate of drug-likeness (QED) is 0.863. The summed E-state index contributed by atoms with van der Waals surface area (Å²) in [6.07, 6.45) is 2.86. The van der Waals surface area contributed by atoms with Crippen LogP contribution in [-0.4, -0.2) is 19.1 Å². The Morgan fingerprint density at radius 3 is 2.93 bits per heavy atom. The molecule has 2 heterocycles. The van der Waals surface area contributed by atoms with Crippen LogP contribution in [0.2, 0.25) is 0 Å². The summed E-state index contributed by atoms with van der Waals surface area (Å²) < 4.78 is 5.92. The highest BCUT2D eigenvalue weighted by Crippen LogP contribution is 2.21. The Bertz CT molecular complexity index is 459. The lowest BCUT2D eigenvalue weighted by atomic mass is 10.3. The van der Waals surface area contributed by atoms with Crippen LogP contribution in [0.3, 0.4) is 0 Å². The average Bonchev–Trinajstić information content (AvgIpc) is 2.73. The van der Waals surface area contributed by atoms with E-state index in [1.165, 1.54) is 11.5 Å². The molecule has 0 aliphatic carbocycles. The summed E-state index contributed by atoms with van der Waals surface area (Å²) in [5.74, 6) is 0.796. The fourth-order valence-corrected chi connectivity index (χ4v) is 1.95. The maximum Gasteiger partial charge on any atom is 0.207 e. The molecule has 2 aromatic heterocycles. The molecule has 15 heavy (non-hydrogen) atoms. The molecule has 2 rings (SSSR count). The molecule has 0 spiro atoms. The van der Waals surface area contributed by atoms with Gasteiger partial charge in [-0.25, -0.2) is 4.98 Å². The molecule has 0 fully saturated rings. The van der Waals surface area contributed by atoms with Gasteiger partial charge in [0.05, 0.1) is 11.4 Å². The maximum atomic E-state index is 4.34. The van der Waals surface area contributed by atoms with Crippen LogP contribution in [0.1, 0.15) is 18.4 Å². The molecular weight excluding hydrogens is 210 g/mol. The lowest BCUT2D eigenvalue weighted by Crippen LogP contribution is -1.92. The standard InChI is InChI=1S/C9H13N5S/c1-4-7-8(5-14(3)12-7)11-9-10-6(2)13-15-9/h5H,4H2,1-3H3,(H,10,11,13). The Balaban J connectivity index is 2.23. The molecule has 0 radical (unpaired) electrons. The van der Waals surface area contributed by atoms with Crippen molar-refractivity contribution in [2.24, 2.45) is 7.05 Å². The Hall–Kier alpha value is -1.43. The highest BCUT2D eigenvalue weighted by atomic mass is 32.1. The van der Waals surface area contributed by atoms with Crippen LogP contribution in [0.5, 0.6) is 0 Å². The third-order valence-corrected chi connectivity index (χ3v) is 2.73. The van der Waals surface area contributed by atoms with Gasteiger partial charge >= 0.3 is 0 Å². The van der Waals surface area contributed by atoms with Crippen molar-refractivity contribution in [1.29, 1.82) is 0 Å². The van der Waals surface area contributed by atoms with Crippen molar-refractivity contribution in [1.82, 2.24) is 19.1 Å². The van der Waals surface area contributed by atoms with E-state index in [0.29, 0.717) is 0 Å². The molecule has 0 aliphatic rings. The van der Waals surface area contributed by atoms with Gasteiger partial charge in [-0.2, -0.15) is 9.47 Å². The highest BCUT2D eigenvalue weighted by molar-refractivity contribution is 7.09. The average molecular weight is 223 g/mol. The first-order chi connectivity index (χ1) is 7.19. The molecule has 2 aromatic rings. The first-order valence-corrected chi connectivity index (χ1v) is 5.56.